The first-order valence-electron chi connectivity index (χ1n) is 9.21. The van der Waals surface area contributed by atoms with E-state index in [-0.39, 0.29) is 30.3 Å². The van der Waals surface area contributed by atoms with Crippen LogP contribution >= 0.6 is 22.9 Å². The van der Waals surface area contributed by atoms with Crippen LogP contribution in [-0.4, -0.2) is 23.0 Å². The van der Waals surface area contributed by atoms with E-state index in [1.165, 1.54) is 11.3 Å². The molecule has 0 saturated carbocycles. The second-order valence-corrected chi connectivity index (χ2v) is 8.00. The molecule has 9 heteroatoms. The number of amides is 3. The first-order valence-corrected chi connectivity index (χ1v) is 10.5. The minimum atomic E-state index is -0.373. The average molecular weight is 445 g/mol. The maximum atomic E-state index is 12.6. The SMILES string of the molecule is CC(C)NC(=O)Nc1ccccc1NC(=O)c1csc(COc2ccc(Cl)cc2)n1. The molecule has 0 aliphatic carbocycles. The quantitative estimate of drug-likeness (QED) is 0.469. The van der Waals surface area contributed by atoms with Crippen molar-refractivity contribution < 1.29 is 14.3 Å². The number of nitrogens with zero attached hydrogens (tertiary/aromatic N) is 1. The molecule has 2 aromatic carbocycles. The predicted octanol–water partition coefficient (Wildman–Crippen LogP) is 5.16. The Morgan fingerprint density at radius 1 is 1.07 bits per heavy atom. The summed E-state index contributed by atoms with van der Waals surface area (Å²) in [6, 6.07) is 13.6. The Hall–Kier alpha value is -3.10. The van der Waals surface area contributed by atoms with Gasteiger partial charge in [-0.25, -0.2) is 9.78 Å². The molecule has 3 rings (SSSR count). The maximum Gasteiger partial charge on any atom is 0.319 e. The number of urea groups is 1. The van der Waals surface area contributed by atoms with E-state index in [4.69, 9.17) is 16.3 Å². The van der Waals surface area contributed by atoms with Crippen LogP contribution in [0.25, 0.3) is 0 Å². The number of thiazole rings is 1. The van der Waals surface area contributed by atoms with Crippen LogP contribution in [0, 0.1) is 0 Å². The van der Waals surface area contributed by atoms with Crippen LogP contribution in [0.2, 0.25) is 5.02 Å². The number of aromatic nitrogens is 1. The molecule has 0 aliphatic heterocycles. The monoisotopic (exact) mass is 444 g/mol. The highest BCUT2D eigenvalue weighted by Gasteiger charge is 2.14. The van der Waals surface area contributed by atoms with E-state index >= 15 is 0 Å². The van der Waals surface area contributed by atoms with E-state index in [1.54, 1.807) is 53.9 Å². The predicted molar refractivity (Wildman–Crippen MR) is 120 cm³/mol. The third-order valence-corrected chi connectivity index (χ3v) is 4.88. The van der Waals surface area contributed by atoms with Gasteiger partial charge in [0.1, 0.15) is 23.1 Å². The van der Waals surface area contributed by atoms with Gasteiger partial charge in [0.15, 0.2) is 0 Å². The fraction of sp³-hybridized carbons (Fsp3) is 0.190. The Labute approximate surface area is 183 Å². The number of nitrogens with one attached hydrogen (secondary N) is 3. The van der Waals surface area contributed by atoms with Gasteiger partial charge in [0.05, 0.1) is 11.4 Å². The van der Waals surface area contributed by atoms with Gasteiger partial charge in [-0.1, -0.05) is 23.7 Å². The minimum Gasteiger partial charge on any atom is -0.486 e. The average Bonchev–Trinajstić information content (AvgIpc) is 3.18. The van der Waals surface area contributed by atoms with Gasteiger partial charge in [0, 0.05) is 16.4 Å². The highest BCUT2D eigenvalue weighted by molar-refractivity contribution is 7.09. The first-order chi connectivity index (χ1) is 14.4. The van der Waals surface area contributed by atoms with Crippen molar-refractivity contribution in [3.63, 3.8) is 0 Å². The first kappa shape index (κ1) is 21.6. The summed E-state index contributed by atoms with van der Waals surface area (Å²) in [6.45, 7) is 3.97. The number of benzene rings is 2. The van der Waals surface area contributed by atoms with Crippen LogP contribution in [0.15, 0.2) is 53.9 Å². The number of rotatable bonds is 7. The van der Waals surface area contributed by atoms with Crippen LogP contribution in [0.5, 0.6) is 5.75 Å². The minimum absolute atomic E-state index is 0.00438. The molecule has 156 valence electrons. The van der Waals surface area contributed by atoms with Gasteiger partial charge in [-0.15, -0.1) is 11.3 Å². The summed E-state index contributed by atoms with van der Waals surface area (Å²) < 4.78 is 5.66. The Kier molecular flexibility index (Phi) is 7.26. The number of ether oxygens (including phenoxy) is 1. The molecule has 3 aromatic rings. The topological polar surface area (TPSA) is 92.4 Å². The van der Waals surface area contributed by atoms with E-state index in [9.17, 15) is 9.59 Å². The fourth-order valence-electron chi connectivity index (χ4n) is 2.47. The molecule has 0 unspecified atom stereocenters. The summed E-state index contributed by atoms with van der Waals surface area (Å²) in [4.78, 5) is 28.9. The van der Waals surface area contributed by atoms with E-state index in [2.05, 4.69) is 20.9 Å². The largest absolute Gasteiger partial charge is 0.486 e. The number of anilines is 2. The number of para-hydroxylation sites is 2. The van der Waals surface area contributed by atoms with E-state index < -0.39 is 0 Å². The standard InChI is InChI=1S/C21H21ClN4O3S/c1-13(2)23-21(28)26-17-6-4-3-5-16(17)25-20(27)18-12-30-19(24-18)11-29-15-9-7-14(22)8-10-15/h3-10,12-13H,11H2,1-2H3,(H,25,27)(H2,23,26,28). The smallest absolute Gasteiger partial charge is 0.319 e. The molecule has 3 N–H and O–H groups in total. The van der Waals surface area contributed by atoms with Crippen molar-refractivity contribution in [2.24, 2.45) is 0 Å². The molecule has 30 heavy (non-hydrogen) atoms. The third-order valence-electron chi connectivity index (χ3n) is 3.80. The Balaban J connectivity index is 1.61. The van der Waals surface area contributed by atoms with Crippen molar-refractivity contribution >= 4 is 46.3 Å². The van der Waals surface area contributed by atoms with Crippen molar-refractivity contribution in [1.29, 1.82) is 0 Å². The Morgan fingerprint density at radius 3 is 2.40 bits per heavy atom. The van der Waals surface area contributed by atoms with E-state index in [1.807, 2.05) is 13.8 Å². The maximum absolute atomic E-state index is 12.6. The van der Waals surface area contributed by atoms with Crippen LogP contribution < -0.4 is 20.7 Å². The zero-order valence-electron chi connectivity index (χ0n) is 16.4. The van der Waals surface area contributed by atoms with E-state index in [0.717, 1.165) is 0 Å². The van der Waals surface area contributed by atoms with Gasteiger partial charge < -0.3 is 20.7 Å². The lowest BCUT2D eigenvalue weighted by Crippen LogP contribution is -2.34. The van der Waals surface area contributed by atoms with Crippen molar-refractivity contribution in [2.45, 2.75) is 26.5 Å². The number of hydrogen-bond donors (Lipinski definition) is 3. The lowest BCUT2D eigenvalue weighted by molar-refractivity contribution is 0.102. The number of hydrogen-bond acceptors (Lipinski definition) is 5. The Bertz CT molecular complexity index is 1020. The molecule has 0 spiro atoms. The molecular formula is C21H21ClN4O3S. The van der Waals surface area contributed by atoms with Gasteiger partial charge in [-0.05, 0) is 50.2 Å². The highest BCUT2D eigenvalue weighted by Crippen LogP contribution is 2.23. The molecule has 0 atom stereocenters. The number of halogens is 1. The lowest BCUT2D eigenvalue weighted by Gasteiger charge is -2.13. The third kappa shape index (κ3) is 6.20. The summed E-state index contributed by atoms with van der Waals surface area (Å²) >= 11 is 7.19. The number of carbonyl (C=O) groups is 2. The van der Waals surface area contributed by atoms with Gasteiger partial charge in [0.25, 0.3) is 5.91 Å². The highest BCUT2D eigenvalue weighted by atomic mass is 35.5. The molecule has 0 aliphatic rings. The molecule has 1 aromatic heterocycles. The molecule has 0 radical (unpaired) electrons. The second-order valence-electron chi connectivity index (χ2n) is 6.62. The molecular weight excluding hydrogens is 424 g/mol. The fourth-order valence-corrected chi connectivity index (χ4v) is 3.28. The summed E-state index contributed by atoms with van der Waals surface area (Å²) in [5, 5.41) is 11.2. The second kappa shape index (κ2) is 10.1. The molecule has 3 amide bonds. The van der Waals surface area contributed by atoms with Crippen molar-refractivity contribution in [1.82, 2.24) is 10.3 Å². The van der Waals surface area contributed by atoms with E-state index in [0.29, 0.717) is 27.2 Å². The molecule has 0 saturated heterocycles. The van der Waals surface area contributed by atoms with Crippen LogP contribution in [-0.2, 0) is 6.61 Å². The van der Waals surface area contributed by atoms with Gasteiger partial charge in [-0.3, -0.25) is 4.79 Å². The van der Waals surface area contributed by atoms with Gasteiger partial charge >= 0.3 is 6.03 Å². The summed E-state index contributed by atoms with van der Waals surface area (Å²) in [6.07, 6.45) is 0. The molecule has 1 heterocycles. The van der Waals surface area contributed by atoms with Gasteiger partial charge in [0.2, 0.25) is 0 Å². The van der Waals surface area contributed by atoms with Gasteiger partial charge in [-0.2, -0.15) is 0 Å². The van der Waals surface area contributed by atoms with Crippen molar-refractivity contribution in [3.05, 3.63) is 69.6 Å². The lowest BCUT2D eigenvalue weighted by atomic mass is 10.2. The molecule has 7 nitrogen and oxygen atoms in total. The Morgan fingerprint density at radius 2 is 1.73 bits per heavy atom. The van der Waals surface area contributed by atoms with Crippen molar-refractivity contribution in [2.75, 3.05) is 10.6 Å². The van der Waals surface area contributed by atoms with Crippen LogP contribution in [0.4, 0.5) is 16.2 Å². The van der Waals surface area contributed by atoms with Crippen molar-refractivity contribution in [3.8, 4) is 5.75 Å². The normalized spacial score (nSPS) is 10.5. The summed E-state index contributed by atoms with van der Waals surface area (Å²) in [7, 11) is 0. The zero-order valence-corrected chi connectivity index (χ0v) is 18.0. The summed E-state index contributed by atoms with van der Waals surface area (Å²) in [5.41, 5.74) is 1.25. The van der Waals surface area contributed by atoms with Crippen LogP contribution in [0.1, 0.15) is 29.3 Å². The summed E-state index contributed by atoms with van der Waals surface area (Å²) in [5.74, 6) is 0.294. The molecule has 0 bridgehead atoms. The van der Waals surface area contributed by atoms with Crippen LogP contribution in [0.3, 0.4) is 0 Å². The zero-order chi connectivity index (χ0) is 21.5. The number of carbonyl (C=O) groups excluding carboxylic acids is 2. The molecule has 0 fully saturated rings.